The van der Waals surface area contributed by atoms with Gasteiger partial charge in [0.2, 0.25) is 0 Å². The number of nitrogens with one attached hydrogen (secondary N) is 1. The van der Waals surface area contributed by atoms with Crippen LogP contribution in [0.1, 0.15) is 43.5 Å². The Morgan fingerprint density at radius 1 is 1.50 bits per heavy atom. The molecule has 18 heavy (non-hydrogen) atoms. The van der Waals surface area contributed by atoms with Crippen molar-refractivity contribution in [2.45, 2.75) is 44.0 Å². The Kier molecular flexibility index (Phi) is 3.93. The van der Waals surface area contributed by atoms with Crippen LogP contribution in [0.2, 0.25) is 5.02 Å². The Morgan fingerprint density at radius 3 is 2.83 bits per heavy atom. The molecule has 2 rings (SSSR count). The van der Waals surface area contributed by atoms with Gasteiger partial charge in [-0.1, -0.05) is 25.4 Å². The second-order valence-electron chi connectivity index (χ2n) is 5.74. The normalized spacial score (nSPS) is 21.9. The van der Waals surface area contributed by atoms with Gasteiger partial charge in [0.15, 0.2) is 0 Å². The minimum atomic E-state index is -0.0985. The molecule has 0 bridgehead atoms. The van der Waals surface area contributed by atoms with E-state index in [-0.39, 0.29) is 11.9 Å². The van der Waals surface area contributed by atoms with Gasteiger partial charge in [-0.2, -0.15) is 0 Å². The lowest BCUT2D eigenvalue weighted by Gasteiger charge is -2.18. The first-order chi connectivity index (χ1) is 8.37. The van der Waals surface area contributed by atoms with E-state index in [2.05, 4.69) is 31.8 Å². The lowest BCUT2D eigenvalue weighted by molar-refractivity contribution is 0.0936. The van der Waals surface area contributed by atoms with Crippen molar-refractivity contribution < 1.29 is 4.79 Å². The molecule has 0 aromatic heterocycles. The van der Waals surface area contributed by atoms with Gasteiger partial charge in [-0.15, -0.1) is 12.6 Å². The summed E-state index contributed by atoms with van der Waals surface area (Å²) in [6, 6.07) is 5.45. The van der Waals surface area contributed by atoms with Gasteiger partial charge in [0, 0.05) is 10.9 Å². The van der Waals surface area contributed by atoms with E-state index >= 15 is 0 Å². The van der Waals surface area contributed by atoms with Crippen molar-refractivity contribution >= 4 is 30.1 Å². The molecule has 1 aromatic rings. The number of amides is 1. The van der Waals surface area contributed by atoms with Crippen molar-refractivity contribution in [2.75, 3.05) is 0 Å². The first kappa shape index (κ1) is 13.8. The SMILES string of the molecule is CC1(C)CCC(NC(=O)c2cc(S)ccc2Cl)C1. The number of thiol groups is 1. The van der Waals surface area contributed by atoms with E-state index in [1.165, 1.54) is 0 Å². The third kappa shape index (κ3) is 3.21. The number of hydrogen-bond acceptors (Lipinski definition) is 2. The maximum Gasteiger partial charge on any atom is 0.253 e. The van der Waals surface area contributed by atoms with E-state index in [0.717, 1.165) is 24.2 Å². The van der Waals surface area contributed by atoms with Crippen LogP contribution in [0.3, 0.4) is 0 Å². The van der Waals surface area contributed by atoms with Gasteiger partial charge in [0.1, 0.15) is 0 Å². The molecule has 0 heterocycles. The van der Waals surface area contributed by atoms with Crippen LogP contribution in [0.25, 0.3) is 0 Å². The Balaban J connectivity index is 2.06. The van der Waals surface area contributed by atoms with Gasteiger partial charge in [-0.05, 0) is 42.9 Å². The van der Waals surface area contributed by atoms with Gasteiger partial charge in [-0.3, -0.25) is 4.79 Å². The fraction of sp³-hybridized carbons (Fsp3) is 0.500. The topological polar surface area (TPSA) is 29.1 Å². The molecule has 0 radical (unpaired) electrons. The van der Waals surface area contributed by atoms with Crippen molar-refractivity contribution in [1.29, 1.82) is 0 Å². The largest absolute Gasteiger partial charge is 0.349 e. The zero-order valence-corrected chi connectivity index (χ0v) is 12.3. The molecule has 1 aliphatic carbocycles. The second kappa shape index (κ2) is 5.14. The fourth-order valence-corrected chi connectivity index (χ4v) is 2.92. The summed E-state index contributed by atoms with van der Waals surface area (Å²) in [7, 11) is 0. The molecule has 1 aliphatic rings. The Hall–Kier alpha value is -0.670. The number of carbonyl (C=O) groups excluding carboxylic acids is 1. The van der Waals surface area contributed by atoms with Crippen LogP contribution in [0.15, 0.2) is 23.1 Å². The number of rotatable bonds is 2. The van der Waals surface area contributed by atoms with Gasteiger partial charge in [-0.25, -0.2) is 0 Å². The van der Waals surface area contributed by atoms with E-state index in [4.69, 9.17) is 11.6 Å². The standard InChI is InChI=1S/C14H18ClNOS/c1-14(2)6-5-9(8-14)16-13(17)11-7-10(18)3-4-12(11)15/h3-4,7,9,18H,5-6,8H2,1-2H3,(H,16,17). The van der Waals surface area contributed by atoms with Gasteiger partial charge < -0.3 is 5.32 Å². The molecular weight excluding hydrogens is 266 g/mol. The zero-order valence-electron chi connectivity index (χ0n) is 10.7. The van der Waals surface area contributed by atoms with Crippen LogP contribution in [-0.2, 0) is 0 Å². The van der Waals surface area contributed by atoms with Crippen molar-refractivity contribution in [3.8, 4) is 0 Å². The monoisotopic (exact) mass is 283 g/mol. The summed E-state index contributed by atoms with van der Waals surface area (Å²) in [5.41, 5.74) is 0.835. The summed E-state index contributed by atoms with van der Waals surface area (Å²) in [5.74, 6) is -0.0985. The molecule has 0 spiro atoms. The summed E-state index contributed by atoms with van der Waals surface area (Å²) < 4.78 is 0. The summed E-state index contributed by atoms with van der Waals surface area (Å²) >= 11 is 10.3. The molecule has 1 unspecified atom stereocenters. The lowest BCUT2D eigenvalue weighted by Crippen LogP contribution is -2.33. The average molecular weight is 284 g/mol. The molecule has 1 amide bonds. The first-order valence-corrected chi connectivity index (χ1v) is 6.99. The molecule has 1 fully saturated rings. The van der Waals surface area contributed by atoms with Gasteiger partial charge in [0.05, 0.1) is 10.6 Å². The number of benzene rings is 1. The second-order valence-corrected chi connectivity index (χ2v) is 6.67. The van der Waals surface area contributed by atoms with Crippen molar-refractivity contribution in [3.63, 3.8) is 0 Å². The quantitative estimate of drug-likeness (QED) is 0.791. The van der Waals surface area contributed by atoms with Crippen LogP contribution in [0.5, 0.6) is 0 Å². The highest BCUT2D eigenvalue weighted by Crippen LogP contribution is 2.37. The van der Waals surface area contributed by atoms with Gasteiger partial charge in [0.25, 0.3) is 5.91 Å². The van der Waals surface area contributed by atoms with Crippen molar-refractivity contribution in [2.24, 2.45) is 5.41 Å². The third-order valence-electron chi connectivity index (χ3n) is 3.50. The molecule has 1 aromatic carbocycles. The maximum atomic E-state index is 12.2. The summed E-state index contributed by atoms with van der Waals surface area (Å²) in [6.45, 7) is 4.47. The number of carbonyl (C=O) groups is 1. The van der Waals surface area contributed by atoms with Crippen LogP contribution in [0.4, 0.5) is 0 Å². The molecule has 0 saturated heterocycles. The highest BCUT2D eigenvalue weighted by molar-refractivity contribution is 7.80. The van der Waals surface area contributed by atoms with Gasteiger partial charge >= 0.3 is 0 Å². The Bertz CT molecular complexity index is 473. The molecule has 1 atom stereocenters. The predicted octanol–water partition coefficient (Wildman–Crippen LogP) is 3.94. The minimum absolute atomic E-state index is 0.0985. The van der Waals surface area contributed by atoms with E-state index < -0.39 is 0 Å². The minimum Gasteiger partial charge on any atom is -0.349 e. The van der Waals surface area contributed by atoms with E-state index in [1.54, 1.807) is 18.2 Å². The highest BCUT2D eigenvalue weighted by Gasteiger charge is 2.32. The van der Waals surface area contributed by atoms with Crippen molar-refractivity contribution in [1.82, 2.24) is 5.32 Å². The molecule has 0 aliphatic heterocycles. The van der Waals surface area contributed by atoms with E-state index in [1.807, 2.05) is 0 Å². The van der Waals surface area contributed by atoms with E-state index in [9.17, 15) is 4.79 Å². The van der Waals surface area contributed by atoms with Crippen LogP contribution in [0, 0.1) is 5.41 Å². The summed E-state index contributed by atoms with van der Waals surface area (Å²) in [6.07, 6.45) is 3.21. The predicted molar refractivity (Wildman–Crippen MR) is 77.6 cm³/mol. The zero-order chi connectivity index (χ0) is 13.3. The third-order valence-corrected chi connectivity index (χ3v) is 4.11. The molecule has 2 nitrogen and oxygen atoms in total. The highest BCUT2D eigenvalue weighted by atomic mass is 35.5. The molecule has 1 saturated carbocycles. The maximum absolute atomic E-state index is 12.2. The smallest absolute Gasteiger partial charge is 0.253 e. The number of hydrogen-bond donors (Lipinski definition) is 2. The molecule has 4 heteroatoms. The summed E-state index contributed by atoms with van der Waals surface area (Å²) in [5, 5.41) is 3.54. The Labute approximate surface area is 119 Å². The van der Waals surface area contributed by atoms with Crippen LogP contribution < -0.4 is 5.32 Å². The van der Waals surface area contributed by atoms with E-state index in [0.29, 0.717) is 16.0 Å². The molecule has 1 N–H and O–H groups in total. The van der Waals surface area contributed by atoms with Crippen LogP contribution in [-0.4, -0.2) is 11.9 Å². The lowest BCUT2D eigenvalue weighted by atomic mass is 9.92. The molecule has 98 valence electrons. The summed E-state index contributed by atoms with van der Waals surface area (Å²) in [4.78, 5) is 12.9. The molecular formula is C14H18ClNOS. The van der Waals surface area contributed by atoms with Crippen molar-refractivity contribution in [3.05, 3.63) is 28.8 Å². The Morgan fingerprint density at radius 2 is 2.22 bits per heavy atom. The fourth-order valence-electron chi connectivity index (χ4n) is 2.51. The van der Waals surface area contributed by atoms with Crippen LogP contribution >= 0.6 is 24.2 Å². The first-order valence-electron chi connectivity index (χ1n) is 6.17. The number of halogens is 1. The average Bonchev–Trinajstić information content (AvgIpc) is 2.61.